The first kappa shape index (κ1) is 10.4. The Kier molecular flexibility index (Phi) is 3.34. The summed E-state index contributed by atoms with van der Waals surface area (Å²) in [4.78, 5) is 21.2. The first-order valence-electron chi connectivity index (χ1n) is 4.22. The Labute approximate surface area is 80.9 Å². The van der Waals surface area contributed by atoms with Crippen molar-refractivity contribution in [2.75, 3.05) is 5.32 Å². The zero-order valence-electron chi connectivity index (χ0n) is 7.71. The van der Waals surface area contributed by atoms with E-state index in [0.29, 0.717) is 6.29 Å². The van der Waals surface area contributed by atoms with Crippen LogP contribution < -0.4 is 5.32 Å². The first-order valence-corrected chi connectivity index (χ1v) is 4.22. The number of amides is 1. The van der Waals surface area contributed by atoms with E-state index in [1.165, 1.54) is 12.1 Å². The molecule has 1 aromatic rings. The second-order valence-electron chi connectivity index (χ2n) is 2.76. The second kappa shape index (κ2) is 4.50. The summed E-state index contributed by atoms with van der Waals surface area (Å²) >= 11 is 0. The molecule has 1 amide bonds. The molecule has 14 heavy (non-hydrogen) atoms. The Hall–Kier alpha value is -1.71. The van der Waals surface area contributed by atoms with Gasteiger partial charge in [-0.25, -0.2) is 4.39 Å². The molecular formula is C10H10FNO2. The van der Waals surface area contributed by atoms with E-state index >= 15 is 0 Å². The highest BCUT2D eigenvalue weighted by Gasteiger charge is 2.05. The molecule has 0 spiro atoms. The number of hydrogen-bond acceptors (Lipinski definition) is 2. The highest BCUT2D eigenvalue weighted by Crippen LogP contribution is 2.14. The molecule has 0 aliphatic carbocycles. The van der Waals surface area contributed by atoms with E-state index < -0.39 is 5.82 Å². The van der Waals surface area contributed by atoms with Gasteiger partial charge >= 0.3 is 0 Å². The number of benzene rings is 1. The van der Waals surface area contributed by atoms with Gasteiger partial charge in [0.1, 0.15) is 12.1 Å². The molecule has 1 aromatic carbocycles. The minimum absolute atomic E-state index is 0.0995. The van der Waals surface area contributed by atoms with Gasteiger partial charge in [-0.1, -0.05) is 6.92 Å². The molecule has 4 heteroatoms. The second-order valence-corrected chi connectivity index (χ2v) is 2.76. The van der Waals surface area contributed by atoms with Crippen LogP contribution in [-0.2, 0) is 4.79 Å². The lowest BCUT2D eigenvalue weighted by molar-refractivity contribution is -0.115. The van der Waals surface area contributed by atoms with Crippen LogP contribution in [0, 0.1) is 5.82 Å². The van der Waals surface area contributed by atoms with Crippen LogP contribution in [0.4, 0.5) is 10.1 Å². The van der Waals surface area contributed by atoms with Crippen LogP contribution in [0.15, 0.2) is 18.2 Å². The molecule has 0 bridgehead atoms. The minimum atomic E-state index is -0.601. The van der Waals surface area contributed by atoms with E-state index in [1.54, 1.807) is 6.92 Å². The summed E-state index contributed by atoms with van der Waals surface area (Å²) in [6.45, 7) is 1.67. The summed E-state index contributed by atoms with van der Waals surface area (Å²) in [6, 6.07) is 3.90. The molecule has 0 saturated heterocycles. The van der Waals surface area contributed by atoms with Crippen LogP contribution in [0.5, 0.6) is 0 Å². The predicted octanol–water partition coefficient (Wildman–Crippen LogP) is 1.99. The lowest BCUT2D eigenvalue weighted by atomic mass is 10.2. The molecule has 0 atom stereocenters. The number of rotatable bonds is 3. The number of halogens is 1. The highest BCUT2D eigenvalue weighted by molar-refractivity contribution is 5.91. The van der Waals surface area contributed by atoms with Gasteiger partial charge in [-0.05, 0) is 18.2 Å². The number of nitrogens with one attached hydrogen (secondary N) is 1. The van der Waals surface area contributed by atoms with Crippen LogP contribution in [0.25, 0.3) is 0 Å². The monoisotopic (exact) mass is 195 g/mol. The molecule has 74 valence electrons. The van der Waals surface area contributed by atoms with Gasteiger partial charge < -0.3 is 5.32 Å². The fourth-order valence-electron chi connectivity index (χ4n) is 0.945. The Balaban J connectivity index is 2.89. The van der Waals surface area contributed by atoms with E-state index in [0.717, 1.165) is 6.07 Å². The largest absolute Gasteiger partial charge is 0.324 e. The molecule has 3 nitrogen and oxygen atoms in total. The molecule has 0 heterocycles. The van der Waals surface area contributed by atoms with Crippen LogP contribution >= 0.6 is 0 Å². The lowest BCUT2D eigenvalue weighted by Gasteiger charge is -2.04. The molecular weight excluding hydrogens is 185 g/mol. The average molecular weight is 195 g/mol. The van der Waals surface area contributed by atoms with Crippen molar-refractivity contribution in [3.63, 3.8) is 0 Å². The Morgan fingerprint density at radius 2 is 2.29 bits per heavy atom. The van der Waals surface area contributed by atoms with Gasteiger partial charge in [0.15, 0.2) is 0 Å². The highest BCUT2D eigenvalue weighted by atomic mass is 19.1. The van der Waals surface area contributed by atoms with Crippen LogP contribution in [-0.4, -0.2) is 12.2 Å². The summed E-state index contributed by atoms with van der Waals surface area (Å²) in [7, 11) is 0. The molecule has 0 aromatic heterocycles. The maximum atomic E-state index is 13.2. The smallest absolute Gasteiger partial charge is 0.224 e. The number of anilines is 1. The summed E-state index contributed by atoms with van der Waals surface area (Å²) in [5.74, 6) is -0.862. The molecule has 1 N–H and O–H groups in total. The maximum absolute atomic E-state index is 13.2. The van der Waals surface area contributed by atoms with Crippen LogP contribution in [0.1, 0.15) is 23.7 Å². The molecule has 0 aliphatic rings. The summed E-state index contributed by atoms with van der Waals surface area (Å²) in [6.07, 6.45) is 0.837. The zero-order chi connectivity index (χ0) is 10.6. The zero-order valence-corrected chi connectivity index (χ0v) is 7.71. The predicted molar refractivity (Wildman–Crippen MR) is 50.7 cm³/mol. The Morgan fingerprint density at radius 1 is 1.57 bits per heavy atom. The maximum Gasteiger partial charge on any atom is 0.224 e. The van der Waals surface area contributed by atoms with Gasteiger partial charge in [-0.2, -0.15) is 0 Å². The molecule has 0 radical (unpaired) electrons. The van der Waals surface area contributed by atoms with Crippen molar-refractivity contribution in [2.24, 2.45) is 0 Å². The third-order valence-corrected chi connectivity index (χ3v) is 1.72. The van der Waals surface area contributed by atoms with E-state index in [-0.39, 0.29) is 23.6 Å². The average Bonchev–Trinajstić information content (AvgIpc) is 2.20. The van der Waals surface area contributed by atoms with Gasteiger partial charge in [-0.15, -0.1) is 0 Å². The Bertz CT molecular complexity index is 363. The molecule has 0 unspecified atom stereocenters. The fraction of sp³-hybridized carbons (Fsp3) is 0.200. The van der Waals surface area contributed by atoms with E-state index in [4.69, 9.17) is 0 Å². The van der Waals surface area contributed by atoms with Crippen molar-refractivity contribution in [1.82, 2.24) is 0 Å². The number of carbonyl (C=O) groups is 2. The van der Waals surface area contributed by atoms with Crippen LogP contribution in [0.2, 0.25) is 0 Å². The third kappa shape index (κ3) is 2.39. The standard InChI is InChI=1S/C10H10FNO2/c1-2-10(14)12-9-4-3-7(6-13)5-8(9)11/h3-6H,2H2,1H3,(H,12,14). The van der Waals surface area contributed by atoms with E-state index in [2.05, 4.69) is 5.32 Å². The topological polar surface area (TPSA) is 46.2 Å². The van der Waals surface area contributed by atoms with Crippen molar-refractivity contribution >= 4 is 17.9 Å². The van der Waals surface area contributed by atoms with Gasteiger partial charge in [0.05, 0.1) is 5.69 Å². The van der Waals surface area contributed by atoms with Crippen LogP contribution in [0.3, 0.4) is 0 Å². The number of hydrogen-bond donors (Lipinski definition) is 1. The van der Waals surface area contributed by atoms with E-state index in [9.17, 15) is 14.0 Å². The molecule has 0 aliphatic heterocycles. The fourth-order valence-corrected chi connectivity index (χ4v) is 0.945. The normalized spacial score (nSPS) is 9.57. The summed E-state index contributed by atoms with van der Waals surface area (Å²) in [5, 5.41) is 2.38. The third-order valence-electron chi connectivity index (χ3n) is 1.72. The van der Waals surface area contributed by atoms with E-state index in [1.807, 2.05) is 0 Å². The van der Waals surface area contributed by atoms with Gasteiger partial charge in [-0.3, -0.25) is 9.59 Å². The van der Waals surface area contributed by atoms with Crippen molar-refractivity contribution < 1.29 is 14.0 Å². The van der Waals surface area contributed by atoms with Crippen molar-refractivity contribution in [3.8, 4) is 0 Å². The number of carbonyl (C=O) groups excluding carboxylic acids is 2. The Morgan fingerprint density at radius 3 is 2.79 bits per heavy atom. The lowest BCUT2D eigenvalue weighted by Crippen LogP contribution is -2.10. The molecule has 0 fully saturated rings. The number of aldehydes is 1. The van der Waals surface area contributed by atoms with Crippen molar-refractivity contribution in [2.45, 2.75) is 13.3 Å². The molecule has 0 saturated carbocycles. The summed E-state index contributed by atoms with van der Waals surface area (Å²) < 4.78 is 13.2. The van der Waals surface area contributed by atoms with Gasteiger partial charge in [0.25, 0.3) is 0 Å². The quantitative estimate of drug-likeness (QED) is 0.749. The van der Waals surface area contributed by atoms with Gasteiger partial charge in [0.2, 0.25) is 5.91 Å². The SMILES string of the molecule is CCC(=O)Nc1ccc(C=O)cc1F. The van der Waals surface area contributed by atoms with Gasteiger partial charge in [0, 0.05) is 12.0 Å². The molecule has 1 rings (SSSR count). The minimum Gasteiger partial charge on any atom is -0.324 e. The first-order chi connectivity index (χ1) is 6.67. The van der Waals surface area contributed by atoms with Crippen molar-refractivity contribution in [3.05, 3.63) is 29.6 Å². The van der Waals surface area contributed by atoms with Crippen molar-refractivity contribution in [1.29, 1.82) is 0 Å². The summed E-state index contributed by atoms with van der Waals surface area (Å²) in [5.41, 5.74) is 0.347.